The quantitative estimate of drug-likeness (QED) is 0.728. The Balaban J connectivity index is 2.42. The molecule has 0 bridgehead atoms. The maximum Gasteiger partial charge on any atom is 0.0189 e. The van der Waals surface area contributed by atoms with Gasteiger partial charge >= 0.3 is 0 Å². The van der Waals surface area contributed by atoms with Gasteiger partial charge in [-0.1, -0.05) is 20.8 Å². The topological polar surface area (TPSA) is 15.3 Å². The SMILES string of the molecule is CCC(CN1CCCC1C(C)C)NC. The highest BCUT2D eigenvalue weighted by Gasteiger charge is 2.27. The van der Waals surface area contributed by atoms with E-state index in [0.717, 1.165) is 12.0 Å². The van der Waals surface area contributed by atoms with E-state index in [1.54, 1.807) is 0 Å². The fraction of sp³-hybridized carbons (Fsp3) is 1.00. The molecule has 0 aromatic heterocycles. The van der Waals surface area contributed by atoms with Gasteiger partial charge in [0.05, 0.1) is 0 Å². The van der Waals surface area contributed by atoms with E-state index in [9.17, 15) is 0 Å². The summed E-state index contributed by atoms with van der Waals surface area (Å²) >= 11 is 0. The molecule has 1 fully saturated rings. The van der Waals surface area contributed by atoms with Crippen LogP contribution in [-0.2, 0) is 0 Å². The number of likely N-dealkylation sites (N-methyl/N-ethyl adjacent to an activating group) is 1. The number of nitrogens with zero attached hydrogens (tertiary/aromatic N) is 1. The Kier molecular flexibility index (Phi) is 4.90. The van der Waals surface area contributed by atoms with Crippen LogP contribution in [-0.4, -0.2) is 37.1 Å². The first-order chi connectivity index (χ1) is 6.69. The Morgan fingerprint density at radius 3 is 2.64 bits per heavy atom. The second-order valence-corrected chi connectivity index (χ2v) is 4.84. The molecule has 2 nitrogen and oxygen atoms in total. The third-order valence-corrected chi connectivity index (χ3v) is 3.54. The van der Waals surface area contributed by atoms with Crippen LogP contribution in [0.5, 0.6) is 0 Å². The highest BCUT2D eigenvalue weighted by molar-refractivity contribution is 4.84. The first-order valence-corrected chi connectivity index (χ1v) is 6.10. The van der Waals surface area contributed by atoms with E-state index in [2.05, 4.69) is 38.0 Å². The molecule has 1 N–H and O–H groups in total. The average molecular weight is 198 g/mol. The Morgan fingerprint density at radius 1 is 1.43 bits per heavy atom. The number of likely N-dealkylation sites (tertiary alicyclic amines) is 1. The van der Waals surface area contributed by atoms with Crippen LogP contribution in [0.25, 0.3) is 0 Å². The molecule has 0 amide bonds. The van der Waals surface area contributed by atoms with Gasteiger partial charge in [0.1, 0.15) is 0 Å². The van der Waals surface area contributed by atoms with E-state index in [-0.39, 0.29) is 0 Å². The summed E-state index contributed by atoms with van der Waals surface area (Å²) in [4.78, 5) is 2.68. The normalized spacial score (nSPS) is 25.9. The van der Waals surface area contributed by atoms with Crippen LogP contribution in [0.3, 0.4) is 0 Å². The zero-order chi connectivity index (χ0) is 10.6. The molecule has 14 heavy (non-hydrogen) atoms. The smallest absolute Gasteiger partial charge is 0.0189 e. The maximum atomic E-state index is 3.40. The van der Waals surface area contributed by atoms with Crippen LogP contribution < -0.4 is 5.32 Å². The van der Waals surface area contributed by atoms with Crippen molar-refractivity contribution in [2.45, 2.75) is 52.1 Å². The molecule has 1 rings (SSSR count). The molecule has 0 aromatic rings. The largest absolute Gasteiger partial charge is 0.316 e. The van der Waals surface area contributed by atoms with Gasteiger partial charge in [-0.3, -0.25) is 4.90 Å². The van der Waals surface area contributed by atoms with E-state index in [4.69, 9.17) is 0 Å². The van der Waals surface area contributed by atoms with E-state index in [0.29, 0.717) is 6.04 Å². The third kappa shape index (κ3) is 2.96. The lowest BCUT2D eigenvalue weighted by Crippen LogP contribution is -2.43. The summed E-state index contributed by atoms with van der Waals surface area (Å²) in [6.07, 6.45) is 4.03. The number of hydrogen-bond donors (Lipinski definition) is 1. The summed E-state index contributed by atoms with van der Waals surface area (Å²) in [5.74, 6) is 0.812. The molecule has 1 heterocycles. The lowest BCUT2D eigenvalue weighted by Gasteiger charge is -2.30. The van der Waals surface area contributed by atoms with Crippen molar-refractivity contribution in [1.29, 1.82) is 0 Å². The van der Waals surface area contributed by atoms with Crippen LogP contribution >= 0.6 is 0 Å². The number of hydrogen-bond acceptors (Lipinski definition) is 2. The molecule has 0 aromatic carbocycles. The van der Waals surface area contributed by atoms with Gasteiger partial charge in [-0.15, -0.1) is 0 Å². The molecule has 2 atom stereocenters. The minimum Gasteiger partial charge on any atom is -0.316 e. The fourth-order valence-electron chi connectivity index (χ4n) is 2.54. The molecular weight excluding hydrogens is 172 g/mol. The number of nitrogens with one attached hydrogen (secondary N) is 1. The van der Waals surface area contributed by atoms with Crippen molar-refractivity contribution >= 4 is 0 Å². The van der Waals surface area contributed by atoms with Gasteiger partial charge in [0, 0.05) is 18.6 Å². The molecule has 0 spiro atoms. The van der Waals surface area contributed by atoms with Gasteiger partial charge in [0.15, 0.2) is 0 Å². The average Bonchev–Trinajstić information content (AvgIpc) is 2.62. The molecule has 1 aliphatic heterocycles. The van der Waals surface area contributed by atoms with E-state index in [1.807, 2.05) is 0 Å². The minimum atomic E-state index is 0.675. The molecule has 0 saturated carbocycles. The predicted molar refractivity (Wildman–Crippen MR) is 62.6 cm³/mol. The predicted octanol–water partition coefficient (Wildman–Crippen LogP) is 2.10. The summed E-state index contributed by atoms with van der Waals surface area (Å²) < 4.78 is 0. The highest BCUT2D eigenvalue weighted by Crippen LogP contribution is 2.23. The minimum absolute atomic E-state index is 0.675. The molecule has 0 aliphatic carbocycles. The zero-order valence-electron chi connectivity index (χ0n) is 10.2. The monoisotopic (exact) mass is 198 g/mol. The first-order valence-electron chi connectivity index (χ1n) is 6.10. The van der Waals surface area contributed by atoms with Crippen molar-refractivity contribution in [3.63, 3.8) is 0 Å². The van der Waals surface area contributed by atoms with Crippen molar-refractivity contribution in [3.05, 3.63) is 0 Å². The molecular formula is C12H26N2. The van der Waals surface area contributed by atoms with Crippen LogP contribution in [0, 0.1) is 5.92 Å². The van der Waals surface area contributed by atoms with Crippen molar-refractivity contribution in [1.82, 2.24) is 10.2 Å². The lowest BCUT2D eigenvalue weighted by atomic mass is 10.0. The van der Waals surface area contributed by atoms with E-state index >= 15 is 0 Å². The highest BCUT2D eigenvalue weighted by atomic mass is 15.2. The Labute approximate surface area is 89.1 Å². The van der Waals surface area contributed by atoms with E-state index < -0.39 is 0 Å². The Hall–Kier alpha value is -0.0800. The van der Waals surface area contributed by atoms with Gasteiger partial charge in [-0.25, -0.2) is 0 Å². The van der Waals surface area contributed by atoms with Gasteiger partial charge in [0.25, 0.3) is 0 Å². The molecule has 0 radical (unpaired) electrons. The van der Waals surface area contributed by atoms with Gasteiger partial charge in [-0.05, 0) is 38.8 Å². The van der Waals surface area contributed by atoms with Crippen molar-refractivity contribution in [2.75, 3.05) is 20.1 Å². The summed E-state index contributed by atoms with van der Waals surface area (Å²) in [7, 11) is 2.08. The van der Waals surface area contributed by atoms with Gasteiger partial charge < -0.3 is 5.32 Å². The van der Waals surface area contributed by atoms with Crippen molar-refractivity contribution < 1.29 is 0 Å². The molecule has 1 aliphatic rings. The third-order valence-electron chi connectivity index (χ3n) is 3.54. The fourth-order valence-corrected chi connectivity index (χ4v) is 2.54. The maximum absolute atomic E-state index is 3.40. The molecule has 2 heteroatoms. The van der Waals surface area contributed by atoms with Gasteiger partial charge in [0.2, 0.25) is 0 Å². The molecule has 84 valence electrons. The summed E-state index contributed by atoms with van der Waals surface area (Å²) in [5, 5.41) is 3.40. The van der Waals surface area contributed by atoms with Crippen LogP contribution in [0.15, 0.2) is 0 Å². The van der Waals surface area contributed by atoms with Crippen molar-refractivity contribution in [3.8, 4) is 0 Å². The van der Waals surface area contributed by atoms with Gasteiger partial charge in [-0.2, -0.15) is 0 Å². The molecule has 2 unspecified atom stereocenters. The second kappa shape index (κ2) is 5.72. The van der Waals surface area contributed by atoms with Crippen LogP contribution in [0.1, 0.15) is 40.0 Å². The van der Waals surface area contributed by atoms with E-state index in [1.165, 1.54) is 32.4 Å². The van der Waals surface area contributed by atoms with Crippen LogP contribution in [0.2, 0.25) is 0 Å². The first kappa shape index (κ1) is 12.0. The lowest BCUT2D eigenvalue weighted by molar-refractivity contribution is 0.187. The standard InChI is InChI=1S/C12H26N2/c1-5-11(13-4)9-14-8-6-7-12(14)10(2)3/h10-13H,5-9H2,1-4H3. The van der Waals surface area contributed by atoms with Crippen LogP contribution in [0.4, 0.5) is 0 Å². The molecule has 1 saturated heterocycles. The number of rotatable bonds is 5. The van der Waals surface area contributed by atoms with Crippen molar-refractivity contribution in [2.24, 2.45) is 5.92 Å². The second-order valence-electron chi connectivity index (χ2n) is 4.84. The summed E-state index contributed by atoms with van der Waals surface area (Å²) in [5.41, 5.74) is 0. The summed E-state index contributed by atoms with van der Waals surface area (Å²) in [6.45, 7) is 9.51. The Morgan fingerprint density at radius 2 is 2.14 bits per heavy atom. The zero-order valence-corrected chi connectivity index (χ0v) is 10.2. The summed E-state index contributed by atoms with van der Waals surface area (Å²) in [6, 6.07) is 1.51. The Bertz CT molecular complexity index is 152.